The summed E-state index contributed by atoms with van der Waals surface area (Å²) in [6.45, 7) is -0.789. The average Bonchev–Trinajstić information content (AvgIpc) is 3.24. The number of aliphatic carboxylic acids is 1. The van der Waals surface area contributed by atoms with Crippen molar-refractivity contribution < 1.29 is 36.6 Å². The number of halogens is 5. The Bertz CT molecular complexity index is 1430. The Kier molecular flexibility index (Phi) is 8.40. The Labute approximate surface area is 211 Å². The fraction of sp³-hybridized carbons (Fsp3) is 0.261. The summed E-state index contributed by atoms with van der Waals surface area (Å²) in [7, 11) is 1.77. The number of carbonyl (C=O) groups is 2. The number of hydrogen-bond donors (Lipinski definition) is 2. The number of rotatable bonds is 5. The molecule has 0 radical (unpaired) electrons. The van der Waals surface area contributed by atoms with Crippen LogP contribution in [0, 0.1) is 0 Å². The van der Waals surface area contributed by atoms with Gasteiger partial charge in [-0.05, 0) is 57.8 Å². The molecule has 0 bridgehead atoms. The predicted octanol–water partition coefficient (Wildman–Crippen LogP) is 2.75. The second kappa shape index (κ2) is 11.3. The third kappa shape index (κ3) is 6.29. The molecule has 0 aliphatic carbocycles. The van der Waals surface area contributed by atoms with Gasteiger partial charge in [-0.2, -0.15) is 31.3 Å². The highest BCUT2D eigenvalue weighted by molar-refractivity contribution is 5.96. The number of tetrazole rings is 1. The zero-order valence-electron chi connectivity index (χ0n) is 19.7. The fourth-order valence-electron chi connectivity index (χ4n) is 3.55. The van der Waals surface area contributed by atoms with Crippen LogP contribution in [0.1, 0.15) is 12.0 Å². The van der Waals surface area contributed by atoms with E-state index in [1.807, 2.05) is 24.3 Å². The van der Waals surface area contributed by atoms with Crippen LogP contribution in [-0.4, -0.2) is 56.5 Å². The van der Waals surface area contributed by atoms with Crippen molar-refractivity contribution in [1.82, 2.24) is 19.8 Å². The van der Waals surface area contributed by atoms with Crippen molar-refractivity contribution in [3.8, 4) is 16.8 Å². The molecule has 3 aromatic rings. The number of carbonyl (C=O) groups excluding carboxylic acids is 1. The highest BCUT2D eigenvalue weighted by Gasteiger charge is 2.38. The Balaban J connectivity index is 0.000000505. The molecule has 15 heteroatoms. The fourth-order valence-corrected chi connectivity index (χ4v) is 3.55. The summed E-state index contributed by atoms with van der Waals surface area (Å²) in [5.74, 6) is -2.65. The summed E-state index contributed by atoms with van der Waals surface area (Å²) in [5, 5.41) is 14.6. The van der Waals surface area contributed by atoms with Gasteiger partial charge in [-0.3, -0.25) is 4.79 Å². The maximum Gasteiger partial charge on any atom is 0.490 e. The molecule has 10 nitrogen and oxygen atoms in total. The minimum absolute atomic E-state index is 0.103. The van der Waals surface area contributed by atoms with Gasteiger partial charge in [0.25, 0.3) is 6.08 Å². The van der Waals surface area contributed by atoms with Crippen molar-refractivity contribution in [3.05, 3.63) is 70.2 Å². The van der Waals surface area contributed by atoms with Gasteiger partial charge in [0, 0.05) is 31.3 Å². The molecule has 0 saturated heterocycles. The number of aryl methyl sites for hydroxylation is 1. The number of benzene rings is 2. The van der Waals surface area contributed by atoms with Crippen molar-refractivity contribution >= 4 is 17.6 Å². The molecule has 1 amide bonds. The number of fused-ring (bicyclic) bond motifs is 1. The molecular formula is C23H21F5N6O4. The molecule has 2 aromatic carbocycles. The van der Waals surface area contributed by atoms with Gasteiger partial charge in [0.2, 0.25) is 5.91 Å². The van der Waals surface area contributed by atoms with Crippen LogP contribution in [0.3, 0.4) is 0 Å². The zero-order chi connectivity index (χ0) is 28.2. The monoisotopic (exact) mass is 540 g/mol. The minimum Gasteiger partial charge on any atom is -0.475 e. The third-order valence-electron chi connectivity index (χ3n) is 5.60. The normalized spacial score (nSPS) is 12.9. The molecule has 4 rings (SSSR count). The highest BCUT2D eigenvalue weighted by Crippen LogP contribution is 2.31. The molecule has 0 spiro atoms. The first-order valence-electron chi connectivity index (χ1n) is 10.9. The number of carboxylic acid groups (broad SMARTS) is 1. The average molecular weight is 540 g/mol. The van der Waals surface area contributed by atoms with E-state index in [4.69, 9.17) is 15.6 Å². The lowest BCUT2D eigenvalue weighted by Crippen LogP contribution is -2.30. The molecule has 1 aliphatic rings. The smallest absolute Gasteiger partial charge is 0.475 e. The maximum atomic E-state index is 12.8. The predicted molar refractivity (Wildman–Crippen MR) is 125 cm³/mol. The molecule has 0 fully saturated rings. The van der Waals surface area contributed by atoms with Crippen molar-refractivity contribution in [1.29, 1.82) is 0 Å². The van der Waals surface area contributed by atoms with Crippen LogP contribution in [0.5, 0.6) is 0 Å². The lowest BCUT2D eigenvalue weighted by Gasteiger charge is -2.26. The molecule has 202 valence electrons. The summed E-state index contributed by atoms with van der Waals surface area (Å²) < 4.78 is 59.2. The Morgan fingerprint density at radius 2 is 1.63 bits per heavy atom. The van der Waals surface area contributed by atoms with Crippen LogP contribution in [-0.2, 0) is 22.6 Å². The summed E-state index contributed by atoms with van der Waals surface area (Å²) in [6.07, 6.45) is -5.83. The molecule has 0 saturated carbocycles. The van der Waals surface area contributed by atoms with Gasteiger partial charge in [0.05, 0.1) is 12.2 Å². The molecule has 1 aliphatic heterocycles. The van der Waals surface area contributed by atoms with Crippen LogP contribution < -0.4 is 16.3 Å². The SMILES string of the molecule is CN1C(=O)CCc2cc(-c3ccc(-n4nnn(CC(CN)=C(F)F)c4=O)cc3)ccc21.O=C(O)C(F)(F)F. The lowest BCUT2D eigenvalue weighted by molar-refractivity contribution is -0.192. The first-order chi connectivity index (χ1) is 17.8. The summed E-state index contributed by atoms with van der Waals surface area (Å²) >= 11 is 0. The number of hydrogen-bond acceptors (Lipinski definition) is 6. The molecular weight excluding hydrogens is 519 g/mol. The molecule has 0 unspecified atom stereocenters. The van der Waals surface area contributed by atoms with E-state index in [1.54, 1.807) is 24.1 Å². The molecule has 3 N–H and O–H groups in total. The molecule has 38 heavy (non-hydrogen) atoms. The maximum absolute atomic E-state index is 12.8. The summed E-state index contributed by atoms with van der Waals surface area (Å²) in [6, 6.07) is 13.0. The standard InChI is InChI=1S/C21H20F2N6O2.C2HF3O2/c1-27-18-8-4-14(10-15(18)5-9-19(27)30)13-2-6-17(7-3-13)29-21(31)28(25-26-29)12-16(11-24)20(22)23;3-2(4,5)1(6)7/h2-4,6-8,10H,5,9,11-12,24H2,1H3;(H,6,7). The highest BCUT2D eigenvalue weighted by atomic mass is 19.4. The van der Waals surface area contributed by atoms with Gasteiger partial charge in [0.15, 0.2) is 0 Å². The molecule has 1 aromatic heterocycles. The topological polar surface area (TPSA) is 136 Å². The Hall–Kier alpha value is -4.40. The van der Waals surface area contributed by atoms with Gasteiger partial charge < -0.3 is 15.7 Å². The summed E-state index contributed by atoms with van der Waals surface area (Å²) in [4.78, 5) is 34.9. The van der Waals surface area contributed by atoms with Gasteiger partial charge in [0.1, 0.15) is 0 Å². The number of nitrogens with zero attached hydrogens (tertiary/aromatic N) is 5. The molecule has 2 heterocycles. The number of anilines is 1. The van der Waals surface area contributed by atoms with E-state index in [0.29, 0.717) is 18.5 Å². The van der Waals surface area contributed by atoms with Gasteiger partial charge >= 0.3 is 17.8 Å². The van der Waals surface area contributed by atoms with E-state index in [0.717, 1.165) is 31.7 Å². The van der Waals surface area contributed by atoms with E-state index in [1.165, 1.54) is 0 Å². The van der Waals surface area contributed by atoms with E-state index < -0.39 is 30.5 Å². The van der Waals surface area contributed by atoms with E-state index in [2.05, 4.69) is 16.5 Å². The number of carboxylic acids is 1. The van der Waals surface area contributed by atoms with Gasteiger partial charge in [-0.1, -0.05) is 18.2 Å². The second-order valence-corrected chi connectivity index (χ2v) is 8.05. The van der Waals surface area contributed by atoms with E-state index in [-0.39, 0.29) is 18.0 Å². The van der Waals surface area contributed by atoms with Gasteiger partial charge in [-0.25, -0.2) is 9.59 Å². The quantitative estimate of drug-likeness (QED) is 0.475. The van der Waals surface area contributed by atoms with Crippen LogP contribution in [0.25, 0.3) is 16.8 Å². The van der Waals surface area contributed by atoms with Crippen molar-refractivity contribution in [3.63, 3.8) is 0 Å². The minimum atomic E-state index is -5.08. The van der Waals surface area contributed by atoms with Crippen LogP contribution in [0.4, 0.5) is 27.6 Å². The zero-order valence-corrected chi connectivity index (χ0v) is 19.7. The number of aromatic nitrogens is 4. The van der Waals surface area contributed by atoms with Crippen molar-refractivity contribution in [2.24, 2.45) is 5.73 Å². The first kappa shape index (κ1) is 28.2. The van der Waals surface area contributed by atoms with Crippen LogP contribution >= 0.6 is 0 Å². The van der Waals surface area contributed by atoms with E-state index >= 15 is 0 Å². The van der Waals surface area contributed by atoms with Crippen molar-refractivity contribution in [2.75, 3.05) is 18.5 Å². The van der Waals surface area contributed by atoms with Crippen LogP contribution in [0.15, 0.2) is 58.9 Å². The van der Waals surface area contributed by atoms with E-state index in [9.17, 15) is 31.5 Å². The number of alkyl halides is 3. The third-order valence-corrected chi connectivity index (χ3v) is 5.60. The van der Waals surface area contributed by atoms with Gasteiger partial charge in [-0.15, -0.1) is 0 Å². The lowest BCUT2D eigenvalue weighted by atomic mass is 9.96. The Morgan fingerprint density at radius 1 is 1.03 bits per heavy atom. The Morgan fingerprint density at radius 3 is 2.18 bits per heavy atom. The second-order valence-electron chi connectivity index (χ2n) is 8.05. The largest absolute Gasteiger partial charge is 0.490 e. The summed E-state index contributed by atoms with van der Waals surface area (Å²) in [5.41, 5.74) is 8.67. The first-order valence-corrected chi connectivity index (χ1v) is 10.9. The van der Waals surface area contributed by atoms with Crippen molar-refractivity contribution in [2.45, 2.75) is 25.6 Å². The van der Waals surface area contributed by atoms with Crippen LogP contribution in [0.2, 0.25) is 0 Å². The number of amides is 1. The number of nitrogens with two attached hydrogens (primary N) is 1. The molecule has 0 atom stereocenters.